The van der Waals surface area contributed by atoms with Crippen LogP contribution in [0.5, 0.6) is 0 Å². The van der Waals surface area contributed by atoms with Crippen molar-refractivity contribution in [1.82, 2.24) is 10.6 Å². The maximum atomic E-state index is 12.1. The molecule has 3 N–H and O–H groups in total. The quantitative estimate of drug-likeness (QED) is 0.714. The van der Waals surface area contributed by atoms with Crippen LogP contribution in [0.15, 0.2) is 30.3 Å². The minimum Gasteiger partial charge on any atom is -0.468 e. The maximum Gasteiger partial charge on any atom is 0.326 e. The van der Waals surface area contributed by atoms with Crippen LogP contribution in [0.4, 0.5) is 10.5 Å². The van der Waals surface area contributed by atoms with E-state index in [-0.39, 0.29) is 12.5 Å². The third-order valence-corrected chi connectivity index (χ3v) is 4.16. The highest BCUT2D eigenvalue weighted by Crippen LogP contribution is 2.29. The van der Waals surface area contributed by atoms with Gasteiger partial charge in [-0.1, -0.05) is 37.5 Å². The summed E-state index contributed by atoms with van der Waals surface area (Å²) in [6.45, 7) is -0.128. The summed E-state index contributed by atoms with van der Waals surface area (Å²) in [5, 5.41) is 7.79. The van der Waals surface area contributed by atoms with E-state index in [1.54, 1.807) is 24.3 Å². The van der Waals surface area contributed by atoms with Crippen LogP contribution in [0.3, 0.4) is 0 Å². The Morgan fingerprint density at radius 3 is 2.38 bits per heavy atom. The molecule has 0 heterocycles. The number of methoxy groups -OCH3 is 1. The minimum atomic E-state index is -0.833. The van der Waals surface area contributed by atoms with Gasteiger partial charge in [-0.3, -0.25) is 20.2 Å². The van der Waals surface area contributed by atoms with Gasteiger partial charge in [0.1, 0.15) is 5.54 Å². The topological polar surface area (TPSA) is 96.5 Å². The number of anilines is 1. The predicted octanol–water partition coefficient (Wildman–Crippen LogP) is 1.80. The van der Waals surface area contributed by atoms with E-state index in [1.807, 2.05) is 6.07 Å². The summed E-state index contributed by atoms with van der Waals surface area (Å²) >= 11 is 0. The number of amides is 3. The zero-order valence-corrected chi connectivity index (χ0v) is 13.8. The number of imide groups is 1. The number of para-hydroxylation sites is 1. The van der Waals surface area contributed by atoms with Crippen molar-refractivity contribution < 1.29 is 19.1 Å². The molecule has 7 nitrogen and oxygen atoms in total. The largest absolute Gasteiger partial charge is 0.468 e. The van der Waals surface area contributed by atoms with Gasteiger partial charge in [0.15, 0.2) is 0 Å². The van der Waals surface area contributed by atoms with E-state index in [0.717, 1.165) is 19.3 Å². The third kappa shape index (κ3) is 4.79. The summed E-state index contributed by atoms with van der Waals surface area (Å²) in [5.41, 5.74) is -0.241. The maximum absolute atomic E-state index is 12.1. The molecule has 2 rings (SSSR count). The lowest BCUT2D eigenvalue weighted by Gasteiger charge is -2.35. The first-order valence-corrected chi connectivity index (χ1v) is 8.05. The number of urea groups is 1. The van der Waals surface area contributed by atoms with E-state index in [2.05, 4.69) is 16.0 Å². The first-order chi connectivity index (χ1) is 11.6. The molecule has 0 bridgehead atoms. The van der Waals surface area contributed by atoms with Crippen LogP contribution in [-0.4, -0.2) is 37.1 Å². The molecule has 1 aromatic carbocycles. The lowest BCUT2D eigenvalue weighted by Crippen LogP contribution is -2.56. The van der Waals surface area contributed by atoms with Crippen molar-refractivity contribution in [2.75, 3.05) is 19.0 Å². The lowest BCUT2D eigenvalue weighted by molar-refractivity contribution is -0.150. The standard InChI is InChI=1S/C17H23N3O4/c1-24-15(22)17(10-6-3-7-11-17)18-12-14(21)20-16(23)19-13-8-4-2-5-9-13/h2,4-5,8-9,18H,3,6-7,10-12H2,1H3,(H2,19,20,21,23). The van der Waals surface area contributed by atoms with Gasteiger partial charge in [-0.2, -0.15) is 0 Å². The molecule has 7 heteroatoms. The van der Waals surface area contributed by atoms with E-state index < -0.39 is 17.5 Å². The lowest BCUT2D eigenvalue weighted by atomic mass is 9.81. The van der Waals surface area contributed by atoms with Crippen molar-refractivity contribution in [3.05, 3.63) is 30.3 Å². The highest BCUT2D eigenvalue weighted by atomic mass is 16.5. The van der Waals surface area contributed by atoms with Crippen molar-refractivity contribution in [1.29, 1.82) is 0 Å². The van der Waals surface area contributed by atoms with Gasteiger partial charge in [0, 0.05) is 5.69 Å². The van der Waals surface area contributed by atoms with Crippen LogP contribution in [0.2, 0.25) is 0 Å². The van der Waals surface area contributed by atoms with Crippen molar-refractivity contribution in [3.8, 4) is 0 Å². The van der Waals surface area contributed by atoms with E-state index in [1.165, 1.54) is 7.11 Å². The fourth-order valence-electron chi connectivity index (χ4n) is 2.91. The fourth-order valence-corrected chi connectivity index (χ4v) is 2.91. The van der Waals surface area contributed by atoms with Crippen molar-refractivity contribution >= 4 is 23.6 Å². The number of rotatable bonds is 5. The SMILES string of the molecule is COC(=O)C1(NCC(=O)NC(=O)Nc2ccccc2)CCCCC1. The van der Waals surface area contributed by atoms with Crippen molar-refractivity contribution in [2.45, 2.75) is 37.6 Å². The Balaban J connectivity index is 1.84. The molecular formula is C17H23N3O4. The van der Waals surface area contributed by atoms with Crippen LogP contribution in [0.1, 0.15) is 32.1 Å². The summed E-state index contributed by atoms with van der Waals surface area (Å²) in [6.07, 6.45) is 4.12. The Bertz CT molecular complexity index is 583. The van der Waals surface area contributed by atoms with E-state index in [9.17, 15) is 14.4 Å². The Kier molecular flexibility index (Phi) is 6.31. The summed E-state index contributed by atoms with van der Waals surface area (Å²) in [4.78, 5) is 35.8. The van der Waals surface area contributed by atoms with Gasteiger partial charge in [0.25, 0.3) is 0 Å². The average Bonchev–Trinajstić information content (AvgIpc) is 2.61. The van der Waals surface area contributed by atoms with Gasteiger partial charge in [0.2, 0.25) is 5.91 Å². The first kappa shape index (κ1) is 17.9. The molecule has 0 radical (unpaired) electrons. The number of hydrogen-bond donors (Lipinski definition) is 3. The molecule has 1 aromatic rings. The van der Waals surface area contributed by atoms with Crippen molar-refractivity contribution in [3.63, 3.8) is 0 Å². The number of nitrogens with one attached hydrogen (secondary N) is 3. The second-order valence-electron chi connectivity index (χ2n) is 5.86. The highest BCUT2D eigenvalue weighted by Gasteiger charge is 2.40. The Hall–Kier alpha value is -2.41. The smallest absolute Gasteiger partial charge is 0.326 e. The Morgan fingerprint density at radius 2 is 1.75 bits per heavy atom. The molecule has 0 unspecified atom stereocenters. The summed E-state index contributed by atoms with van der Waals surface area (Å²) in [6, 6.07) is 8.22. The van der Waals surface area contributed by atoms with Gasteiger partial charge < -0.3 is 10.1 Å². The third-order valence-electron chi connectivity index (χ3n) is 4.16. The Labute approximate surface area is 141 Å². The zero-order chi connectivity index (χ0) is 17.4. The Morgan fingerprint density at radius 1 is 1.08 bits per heavy atom. The summed E-state index contributed by atoms with van der Waals surface area (Å²) in [7, 11) is 1.34. The second-order valence-corrected chi connectivity index (χ2v) is 5.86. The number of carbonyl (C=O) groups excluding carboxylic acids is 3. The molecule has 24 heavy (non-hydrogen) atoms. The summed E-state index contributed by atoms with van der Waals surface area (Å²) < 4.78 is 4.87. The van der Waals surface area contributed by atoms with E-state index in [4.69, 9.17) is 4.74 Å². The predicted molar refractivity (Wildman–Crippen MR) is 89.4 cm³/mol. The molecule has 1 aliphatic rings. The van der Waals surface area contributed by atoms with Crippen molar-refractivity contribution in [2.24, 2.45) is 0 Å². The number of ether oxygens (including phenoxy) is 1. The number of esters is 1. The van der Waals surface area contributed by atoms with Crippen LogP contribution < -0.4 is 16.0 Å². The molecule has 1 fully saturated rings. The monoisotopic (exact) mass is 333 g/mol. The van der Waals surface area contributed by atoms with Gasteiger partial charge in [-0.15, -0.1) is 0 Å². The van der Waals surface area contributed by atoms with E-state index >= 15 is 0 Å². The summed E-state index contributed by atoms with van der Waals surface area (Å²) in [5.74, 6) is -0.860. The van der Waals surface area contributed by atoms with E-state index in [0.29, 0.717) is 18.5 Å². The zero-order valence-electron chi connectivity index (χ0n) is 13.8. The molecule has 0 spiro atoms. The van der Waals surface area contributed by atoms with Gasteiger partial charge in [-0.05, 0) is 25.0 Å². The molecule has 3 amide bonds. The molecule has 1 saturated carbocycles. The molecule has 0 aliphatic heterocycles. The molecule has 130 valence electrons. The molecule has 1 aliphatic carbocycles. The van der Waals surface area contributed by atoms with Gasteiger partial charge >= 0.3 is 12.0 Å². The fraction of sp³-hybridized carbons (Fsp3) is 0.471. The number of hydrogen-bond acceptors (Lipinski definition) is 5. The van der Waals surface area contributed by atoms with Crippen LogP contribution in [0, 0.1) is 0 Å². The van der Waals surface area contributed by atoms with Crippen LogP contribution in [0.25, 0.3) is 0 Å². The average molecular weight is 333 g/mol. The van der Waals surface area contributed by atoms with Gasteiger partial charge in [0.05, 0.1) is 13.7 Å². The first-order valence-electron chi connectivity index (χ1n) is 8.05. The molecule has 0 aromatic heterocycles. The number of carbonyl (C=O) groups is 3. The second kappa shape index (κ2) is 8.44. The van der Waals surface area contributed by atoms with Crippen LogP contribution in [-0.2, 0) is 14.3 Å². The normalized spacial score (nSPS) is 16.0. The number of benzene rings is 1. The molecule has 0 atom stereocenters. The minimum absolute atomic E-state index is 0.128. The van der Waals surface area contributed by atoms with Crippen LogP contribution >= 0.6 is 0 Å². The van der Waals surface area contributed by atoms with Gasteiger partial charge in [-0.25, -0.2) is 4.79 Å². The molecule has 0 saturated heterocycles. The molecular weight excluding hydrogens is 310 g/mol. The highest BCUT2D eigenvalue weighted by molar-refractivity contribution is 6.01.